The van der Waals surface area contributed by atoms with Crippen LogP contribution in [0.4, 0.5) is 0 Å². The first-order valence-corrected chi connectivity index (χ1v) is 12.3. The molecular weight excluding hydrogens is 444 g/mol. The van der Waals surface area contributed by atoms with E-state index in [4.69, 9.17) is 4.98 Å². The number of hydrogen-bond donors (Lipinski definition) is 1. The number of benzene rings is 2. The van der Waals surface area contributed by atoms with E-state index in [0.29, 0.717) is 22.6 Å². The molecule has 0 radical (unpaired) electrons. The van der Waals surface area contributed by atoms with Crippen LogP contribution in [0.15, 0.2) is 89.1 Å². The molecule has 0 aliphatic carbocycles. The van der Waals surface area contributed by atoms with E-state index in [1.165, 1.54) is 11.8 Å². The van der Waals surface area contributed by atoms with Crippen LogP contribution in [0.5, 0.6) is 0 Å². The van der Waals surface area contributed by atoms with Gasteiger partial charge in [-0.15, -0.1) is 0 Å². The topological polar surface area (TPSA) is 76.9 Å². The SMILES string of the molecule is CCCC(NC(=O)C(C)Sc1nc2ccccc2c(=O)n1Cc1cccnc1)c1ccccc1. The van der Waals surface area contributed by atoms with E-state index in [1.807, 2.05) is 67.6 Å². The summed E-state index contributed by atoms with van der Waals surface area (Å²) in [7, 11) is 0. The summed E-state index contributed by atoms with van der Waals surface area (Å²) in [5, 5.41) is 3.83. The number of thioether (sulfide) groups is 1. The third-order valence-electron chi connectivity index (χ3n) is 5.64. The summed E-state index contributed by atoms with van der Waals surface area (Å²) in [6, 6.07) is 21.0. The van der Waals surface area contributed by atoms with Crippen LogP contribution in [-0.2, 0) is 11.3 Å². The summed E-state index contributed by atoms with van der Waals surface area (Å²) in [6.45, 7) is 4.30. The molecule has 4 aromatic rings. The molecule has 0 aliphatic rings. The van der Waals surface area contributed by atoms with Crippen LogP contribution in [0.25, 0.3) is 10.9 Å². The van der Waals surface area contributed by atoms with Gasteiger partial charge in [-0.2, -0.15) is 0 Å². The number of para-hydroxylation sites is 1. The summed E-state index contributed by atoms with van der Waals surface area (Å²) in [4.78, 5) is 35.4. The number of fused-ring (bicyclic) bond motifs is 1. The molecule has 174 valence electrons. The molecule has 0 saturated carbocycles. The van der Waals surface area contributed by atoms with Gasteiger partial charge in [0.1, 0.15) is 0 Å². The molecule has 7 heteroatoms. The molecule has 1 N–H and O–H groups in total. The second kappa shape index (κ2) is 11.1. The zero-order valence-electron chi connectivity index (χ0n) is 19.3. The second-order valence-corrected chi connectivity index (χ2v) is 9.49. The van der Waals surface area contributed by atoms with Gasteiger partial charge in [-0.1, -0.05) is 73.6 Å². The highest BCUT2D eigenvalue weighted by Gasteiger charge is 2.22. The largest absolute Gasteiger partial charge is 0.348 e. The molecule has 0 fully saturated rings. The Morgan fingerprint density at radius 1 is 1.06 bits per heavy atom. The van der Waals surface area contributed by atoms with Crippen LogP contribution in [-0.4, -0.2) is 25.7 Å². The normalized spacial score (nSPS) is 12.9. The Morgan fingerprint density at radius 3 is 2.56 bits per heavy atom. The number of carbonyl (C=O) groups is 1. The van der Waals surface area contributed by atoms with Crippen molar-refractivity contribution >= 4 is 28.6 Å². The van der Waals surface area contributed by atoms with Crippen molar-refractivity contribution in [2.45, 2.75) is 49.7 Å². The van der Waals surface area contributed by atoms with Gasteiger partial charge in [-0.25, -0.2) is 4.98 Å². The first-order chi connectivity index (χ1) is 16.6. The summed E-state index contributed by atoms with van der Waals surface area (Å²) >= 11 is 1.30. The number of nitrogens with one attached hydrogen (secondary N) is 1. The van der Waals surface area contributed by atoms with Crippen molar-refractivity contribution in [1.29, 1.82) is 0 Å². The van der Waals surface area contributed by atoms with Gasteiger partial charge < -0.3 is 5.32 Å². The summed E-state index contributed by atoms with van der Waals surface area (Å²) < 4.78 is 1.63. The number of aromatic nitrogens is 3. The number of nitrogens with zero attached hydrogens (tertiary/aromatic N) is 3. The first kappa shape index (κ1) is 23.7. The lowest BCUT2D eigenvalue weighted by atomic mass is 10.0. The number of pyridine rings is 1. The molecule has 2 aromatic carbocycles. The van der Waals surface area contributed by atoms with Gasteiger partial charge in [0, 0.05) is 12.4 Å². The summed E-state index contributed by atoms with van der Waals surface area (Å²) in [6.07, 6.45) is 5.25. The molecule has 4 rings (SSSR count). The lowest BCUT2D eigenvalue weighted by molar-refractivity contribution is -0.121. The standard InChI is InChI=1S/C27H28N4O2S/c1-3-10-23(21-12-5-4-6-13-21)29-25(32)19(2)34-27-30-24-15-8-7-14-22(24)26(33)31(27)18-20-11-9-16-28-17-20/h4-9,11-17,19,23H,3,10,18H2,1-2H3,(H,29,32). The number of hydrogen-bond acceptors (Lipinski definition) is 5. The predicted octanol–water partition coefficient (Wildman–Crippen LogP) is 4.98. The maximum Gasteiger partial charge on any atom is 0.262 e. The fraction of sp³-hybridized carbons (Fsp3) is 0.259. The zero-order valence-corrected chi connectivity index (χ0v) is 20.2. The summed E-state index contributed by atoms with van der Waals surface area (Å²) in [5.74, 6) is -0.0809. The van der Waals surface area contributed by atoms with E-state index < -0.39 is 5.25 Å². The molecule has 6 nitrogen and oxygen atoms in total. The summed E-state index contributed by atoms with van der Waals surface area (Å²) in [5.41, 5.74) is 2.48. The Hall–Kier alpha value is -3.45. The molecule has 34 heavy (non-hydrogen) atoms. The van der Waals surface area contributed by atoms with E-state index in [2.05, 4.69) is 17.2 Å². The Kier molecular flexibility index (Phi) is 7.75. The van der Waals surface area contributed by atoms with Crippen molar-refractivity contribution in [3.63, 3.8) is 0 Å². The van der Waals surface area contributed by atoms with Crippen molar-refractivity contribution in [2.75, 3.05) is 0 Å². The molecule has 2 atom stereocenters. The molecule has 0 spiro atoms. The molecule has 1 amide bonds. The Balaban J connectivity index is 1.61. The monoisotopic (exact) mass is 472 g/mol. The smallest absolute Gasteiger partial charge is 0.262 e. The number of amides is 1. The fourth-order valence-electron chi connectivity index (χ4n) is 3.85. The van der Waals surface area contributed by atoms with Crippen LogP contribution < -0.4 is 10.9 Å². The van der Waals surface area contributed by atoms with Crippen molar-refractivity contribution in [3.8, 4) is 0 Å². The van der Waals surface area contributed by atoms with Gasteiger partial charge >= 0.3 is 0 Å². The average molecular weight is 473 g/mol. The number of rotatable bonds is 9. The van der Waals surface area contributed by atoms with Gasteiger partial charge in [0.05, 0.1) is 28.7 Å². The van der Waals surface area contributed by atoms with Crippen LogP contribution in [0.1, 0.15) is 43.9 Å². The van der Waals surface area contributed by atoms with Crippen molar-refractivity contribution < 1.29 is 4.79 Å². The van der Waals surface area contributed by atoms with E-state index in [-0.39, 0.29) is 17.5 Å². The van der Waals surface area contributed by atoms with Crippen LogP contribution in [0.2, 0.25) is 0 Å². The van der Waals surface area contributed by atoms with Gasteiger partial charge in [0.15, 0.2) is 5.16 Å². The van der Waals surface area contributed by atoms with Crippen molar-refractivity contribution in [3.05, 3.63) is 101 Å². The molecule has 0 aliphatic heterocycles. The Morgan fingerprint density at radius 2 is 1.82 bits per heavy atom. The number of carbonyl (C=O) groups excluding carboxylic acids is 1. The van der Waals surface area contributed by atoms with E-state index in [9.17, 15) is 9.59 Å². The Bertz CT molecular complexity index is 1310. The molecule has 2 unspecified atom stereocenters. The fourth-order valence-corrected chi connectivity index (χ4v) is 4.77. The minimum atomic E-state index is -0.434. The quantitative estimate of drug-likeness (QED) is 0.275. The molecule has 0 bridgehead atoms. The highest BCUT2D eigenvalue weighted by atomic mass is 32.2. The van der Waals surface area contributed by atoms with Gasteiger partial charge in [0.25, 0.3) is 5.56 Å². The highest BCUT2D eigenvalue weighted by molar-refractivity contribution is 8.00. The first-order valence-electron chi connectivity index (χ1n) is 11.5. The zero-order chi connectivity index (χ0) is 23.9. The lowest BCUT2D eigenvalue weighted by Crippen LogP contribution is -2.35. The van der Waals surface area contributed by atoms with Crippen LogP contribution in [0, 0.1) is 0 Å². The third kappa shape index (κ3) is 5.54. The molecule has 2 aromatic heterocycles. The van der Waals surface area contributed by atoms with Crippen molar-refractivity contribution in [1.82, 2.24) is 19.9 Å². The maximum atomic E-state index is 13.3. The van der Waals surface area contributed by atoms with Gasteiger partial charge in [0.2, 0.25) is 5.91 Å². The van der Waals surface area contributed by atoms with Crippen LogP contribution >= 0.6 is 11.8 Å². The Labute approximate surface area is 203 Å². The highest BCUT2D eigenvalue weighted by Crippen LogP contribution is 2.25. The van der Waals surface area contributed by atoms with Gasteiger partial charge in [-0.3, -0.25) is 19.1 Å². The van der Waals surface area contributed by atoms with Crippen molar-refractivity contribution in [2.24, 2.45) is 0 Å². The molecular formula is C27H28N4O2S. The third-order valence-corrected chi connectivity index (χ3v) is 6.73. The molecule has 2 heterocycles. The van der Waals surface area contributed by atoms with E-state index >= 15 is 0 Å². The minimum absolute atomic E-state index is 0.0519. The van der Waals surface area contributed by atoms with E-state index in [0.717, 1.165) is 24.0 Å². The van der Waals surface area contributed by atoms with Crippen LogP contribution in [0.3, 0.4) is 0 Å². The minimum Gasteiger partial charge on any atom is -0.348 e. The average Bonchev–Trinajstić information content (AvgIpc) is 2.87. The van der Waals surface area contributed by atoms with E-state index in [1.54, 1.807) is 23.0 Å². The molecule has 0 saturated heterocycles. The second-order valence-electron chi connectivity index (χ2n) is 8.18. The van der Waals surface area contributed by atoms with Gasteiger partial charge in [-0.05, 0) is 42.7 Å². The lowest BCUT2D eigenvalue weighted by Gasteiger charge is -2.21. The predicted molar refractivity (Wildman–Crippen MR) is 137 cm³/mol. The maximum absolute atomic E-state index is 13.3.